The van der Waals surface area contributed by atoms with Crippen LogP contribution in [-0.2, 0) is 19.2 Å². The summed E-state index contributed by atoms with van der Waals surface area (Å²) >= 11 is 4.96. The van der Waals surface area contributed by atoms with Crippen LogP contribution in [0.25, 0.3) is 20.9 Å². The van der Waals surface area contributed by atoms with Gasteiger partial charge in [0, 0.05) is 25.5 Å². The Hall–Kier alpha value is -4.71. The van der Waals surface area contributed by atoms with Gasteiger partial charge in [0.05, 0.1) is 62.1 Å². The molecule has 1 aliphatic carbocycles. The van der Waals surface area contributed by atoms with Crippen molar-refractivity contribution in [3.05, 3.63) is 68.9 Å². The number of hydrogen-bond donors (Lipinski definition) is 3. The van der Waals surface area contributed by atoms with E-state index in [0.29, 0.717) is 35.2 Å². The second-order valence-electron chi connectivity index (χ2n) is 13.0. The van der Waals surface area contributed by atoms with Gasteiger partial charge in [-0.25, -0.2) is 14.3 Å². The Bertz CT molecular complexity index is 2470. The van der Waals surface area contributed by atoms with Crippen LogP contribution in [0, 0.1) is 0 Å². The summed E-state index contributed by atoms with van der Waals surface area (Å²) in [6, 6.07) is 6.88. The van der Waals surface area contributed by atoms with Crippen LogP contribution in [0.4, 0.5) is 4.79 Å². The number of amides is 3. The number of ketones is 1. The van der Waals surface area contributed by atoms with Crippen molar-refractivity contribution in [3.8, 4) is 11.5 Å². The first kappa shape index (κ1) is 36.3. The van der Waals surface area contributed by atoms with Gasteiger partial charge in [0.25, 0.3) is 5.91 Å². The molecule has 5 heterocycles. The van der Waals surface area contributed by atoms with Crippen LogP contribution in [0.2, 0.25) is 0 Å². The SMILES string of the molecule is CCCC(C)c1nn2c(nc3ccccc32)c1=C1Sc2c(OC(C)=O)c3c(c(OC(C)=O)c2S1)SC(=C(C(C)=O)C(=O)NC1=CC2NC(=O)NC2C=C1)S3. The molecule has 3 atom stereocenters. The fourth-order valence-corrected chi connectivity index (χ4v) is 12.4. The highest BCUT2D eigenvalue weighted by atomic mass is 32.2. The number of allylic oxidation sites excluding steroid dienone is 1. The van der Waals surface area contributed by atoms with E-state index < -0.39 is 23.6 Å². The molecule has 3 amide bonds. The molecule has 0 saturated carbocycles. The van der Waals surface area contributed by atoms with Crippen molar-refractivity contribution in [2.45, 2.75) is 85.0 Å². The molecule has 54 heavy (non-hydrogen) atoms. The third-order valence-electron chi connectivity index (χ3n) is 8.99. The number of carbonyl (C=O) groups is 5. The van der Waals surface area contributed by atoms with Crippen LogP contribution in [0.15, 0.2) is 77.6 Å². The van der Waals surface area contributed by atoms with Crippen molar-refractivity contribution in [1.82, 2.24) is 30.5 Å². The summed E-state index contributed by atoms with van der Waals surface area (Å²) in [6.07, 6.45) is 6.99. The van der Waals surface area contributed by atoms with Gasteiger partial charge in [-0.05, 0) is 37.6 Å². The Kier molecular flexibility index (Phi) is 9.52. The van der Waals surface area contributed by atoms with E-state index >= 15 is 0 Å². The number of nitrogens with one attached hydrogen (secondary N) is 3. The second kappa shape index (κ2) is 14.2. The van der Waals surface area contributed by atoms with Crippen LogP contribution in [0.1, 0.15) is 59.1 Å². The molecule has 0 spiro atoms. The van der Waals surface area contributed by atoms with Crippen molar-refractivity contribution in [1.29, 1.82) is 0 Å². The number of esters is 2. The van der Waals surface area contributed by atoms with Crippen LogP contribution in [-0.4, -0.2) is 56.3 Å². The molecule has 4 aliphatic rings. The zero-order chi connectivity index (χ0) is 38.0. The van der Waals surface area contributed by atoms with Gasteiger partial charge in [-0.2, -0.15) is 5.10 Å². The van der Waals surface area contributed by atoms with Gasteiger partial charge in [0.15, 0.2) is 22.9 Å². The number of para-hydroxylation sites is 2. The number of aromatic nitrogens is 3. The highest BCUT2D eigenvalue weighted by Crippen LogP contribution is 2.68. The minimum absolute atomic E-state index is 0.110. The molecule has 3 unspecified atom stereocenters. The van der Waals surface area contributed by atoms with E-state index in [1.807, 2.05) is 28.8 Å². The quantitative estimate of drug-likeness (QED) is 0.0630. The molecule has 8 rings (SSSR count). The molecule has 2 aromatic carbocycles. The fourth-order valence-electron chi connectivity index (χ4n) is 6.70. The van der Waals surface area contributed by atoms with Gasteiger partial charge in [-0.1, -0.05) is 85.5 Å². The number of fused-ring (bicyclic) bond motifs is 6. The second-order valence-corrected chi connectivity index (χ2v) is 17.6. The summed E-state index contributed by atoms with van der Waals surface area (Å²) < 4.78 is 14.9. The molecule has 3 aliphatic heterocycles. The van der Waals surface area contributed by atoms with Gasteiger partial charge in [-0.3, -0.25) is 19.2 Å². The smallest absolute Gasteiger partial charge is 0.315 e. The molecular formula is C37H32N6O7S4. The molecule has 2 aromatic heterocycles. The van der Waals surface area contributed by atoms with E-state index in [1.165, 1.54) is 44.3 Å². The number of benzene rings is 2. The van der Waals surface area contributed by atoms with E-state index in [1.54, 1.807) is 18.2 Å². The number of carbonyl (C=O) groups excluding carboxylic acids is 5. The normalized spacial score (nSPS) is 18.8. The Morgan fingerprint density at radius 2 is 1.56 bits per heavy atom. The molecule has 4 aromatic rings. The summed E-state index contributed by atoms with van der Waals surface area (Å²) in [5.74, 6) is -1.68. The van der Waals surface area contributed by atoms with Crippen molar-refractivity contribution in [2.24, 2.45) is 0 Å². The number of urea groups is 1. The third-order valence-corrected chi connectivity index (χ3v) is 14.2. The van der Waals surface area contributed by atoms with Gasteiger partial charge in [-0.15, -0.1) is 0 Å². The summed E-state index contributed by atoms with van der Waals surface area (Å²) in [7, 11) is 0. The predicted molar refractivity (Wildman–Crippen MR) is 207 cm³/mol. The molecule has 3 N–H and O–H groups in total. The van der Waals surface area contributed by atoms with Crippen molar-refractivity contribution >= 4 is 97.6 Å². The maximum absolute atomic E-state index is 13.8. The average molecular weight is 801 g/mol. The minimum atomic E-state index is -0.652. The first-order chi connectivity index (χ1) is 25.9. The largest absolute Gasteiger partial charge is 0.424 e. The predicted octanol–water partition coefficient (Wildman–Crippen LogP) is 5.94. The number of Topliss-reactive ketones (excluding diaryl/α,β-unsaturated/α-hetero) is 1. The Morgan fingerprint density at radius 3 is 2.19 bits per heavy atom. The van der Waals surface area contributed by atoms with Gasteiger partial charge in [0.1, 0.15) is 5.57 Å². The summed E-state index contributed by atoms with van der Waals surface area (Å²) in [4.78, 5) is 71.1. The fraction of sp³-hybridized carbons (Fsp3) is 0.270. The van der Waals surface area contributed by atoms with Crippen LogP contribution in [0.5, 0.6) is 11.5 Å². The topological polar surface area (TPSA) is 170 Å². The lowest BCUT2D eigenvalue weighted by molar-refractivity contribution is -0.133. The first-order valence-corrected chi connectivity index (χ1v) is 20.4. The Morgan fingerprint density at radius 1 is 0.926 bits per heavy atom. The van der Waals surface area contributed by atoms with E-state index in [0.717, 1.165) is 62.5 Å². The van der Waals surface area contributed by atoms with E-state index in [2.05, 4.69) is 29.8 Å². The number of ether oxygens (including phenoxy) is 2. The molecule has 1 fully saturated rings. The van der Waals surface area contributed by atoms with Gasteiger partial charge < -0.3 is 25.4 Å². The lowest BCUT2D eigenvalue weighted by atomic mass is 10.0. The summed E-state index contributed by atoms with van der Waals surface area (Å²) in [6.45, 7) is 8.18. The van der Waals surface area contributed by atoms with Gasteiger partial charge in [0.2, 0.25) is 0 Å². The Labute approximate surface area is 325 Å². The van der Waals surface area contributed by atoms with Crippen molar-refractivity contribution in [2.75, 3.05) is 0 Å². The summed E-state index contributed by atoms with van der Waals surface area (Å²) in [5.41, 5.74) is 3.58. The molecule has 1 saturated heterocycles. The lowest BCUT2D eigenvalue weighted by Crippen LogP contribution is -2.35. The Balaban J connectivity index is 1.25. The van der Waals surface area contributed by atoms with Crippen molar-refractivity contribution in [3.63, 3.8) is 0 Å². The van der Waals surface area contributed by atoms with E-state index in [4.69, 9.17) is 19.6 Å². The monoisotopic (exact) mass is 800 g/mol. The molecule has 276 valence electrons. The minimum Gasteiger partial charge on any atom is -0.424 e. The molecular weight excluding hydrogens is 769 g/mol. The maximum atomic E-state index is 13.8. The number of imidazole rings is 1. The highest BCUT2D eigenvalue weighted by molar-refractivity contribution is 8.32. The number of thioether (sulfide) groups is 4. The first-order valence-electron chi connectivity index (χ1n) is 17.1. The van der Waals surface area contributed by atoms with Crippen LogP contribution >= 0.6 is 47.0 Å². The number of hydrogen-bond acceptors (Lipinski definition) is 13. The summed E-state index contributed by atoms with van der Waals surface area (Å²) in [5, 5.41) is 14.3. The zero-order valence-corrected chi connectivity index (χ0v) is 32.8. The standard InChI is InChI=1S/C37H32N6O7S4/c1-6-9-15(2)26-25(33-39-21-10-7-8-11-23(21)43(33)42-26)36-53-31-27(49-17(4)45)29-30(28(32(31)54-36)50-18(5)46)52-35(51-29)24(16(3)44)34(47)38-19-12-13-20-22(14-19)41-37(48)40-20/h7-8,10-15,20,22H,6,9H2,1-5H3,(H,38,47)(H2,40,41,48). The highest BCUT2D eigenvalue weighted by Gasteiger charge is 2.41. The van der Waals surface area contributed by atoms with Gasteiger partial charge >= 0.3 is 18.0 Å². The molecule has 17 heteroatoms. The van der Waals surface area contributed by atoms with E-state index in [-0.39, 0.29) is 41.1 Å². The number of rotatable bonds is 8. The lowest BCUT2D eigenvalue weighted by Gasteiger charge is -2.18. The van der Waals surface area contributed by atoms with Crippen LogP contribution in [0.3, 0.4) is 0 Å². The van der Waals surface area contributed by atoms with Crippen molar-refractivity contribution < 1.29 is 33.4 Å². The maximum Gasteiger partial charge on any atom is 0.315 e. The van der Waals surface area contributed by atoms with Crippen LogP contribution < -0.4 is 30.6 Å². The molecule has 13 nitrogen and oxygen atoms in total. The third kappa shape index (κ3) is 6.35. The molecule has 0 radical (unpaired) electrons. The average Bonchev–Trinajstić information content (AvgIpc) is 3.93. The molecule has 0 bridgehead atoms. The van der Waals surface area contributed by atoms with E-state index in [9.17, 15) is 24.0 Å². The zero-order valence-electron chi connectivity index (χ0n) is 29.5. The number of nitrogens with zero attached hydrogens (tertiary/aromatic N) is 3.